The molecule has 0 aliphatic carbocycles. The van der Waals surface area contributed by atoms with Gasteiger partial charge in [0.2, 0.25) is 0 Å². The summed E-state index contributed by atoms with van der Waals surface area (Å²) in [5, 5.41) is 2.99. The third kappa shape index (κ3) is 6.94. The summed E-state index contributed by atoms with van der Waals surface area (Å²) in [6.07, 6.45) is 0.569. The smallest absolute Gasteiger partial charge is 0.410 e. The Hall–Kier alpha value is -2.44. The Balaban J connectivity index is 1.67. The van der Waals surface area contributed by atoms with Crippen molar-refractivity contribution in [1.29, 1.82) is 0 Å². The molecule has 0 bridgehead atoms. The lowest BCUT2D eigenvalue weighted by Crippen LogP contribution is -2.54. The number of urea groups is 1. The molecular weight excluding hydrogens is 356 g/mol. The summed E-state index contributed by atoms with van der Waals surface area (Å²) < 4.78 is 5.39. The molecule has 1 aliphatic heterocycles. The molecule has 1 aromatic rings. The van der Waals surface area contributed by atoms with Crippen LogP contribution in [0.4, 0.5) is 15.3 Å². The van der Waals surface area contributed by atoms with Crippen molar-refractivity contribution in [3.8, 4) is 0 Å². The molecule has 28 heavy (non-hydrogen) atoms. The van der Waals surface area contributed by atoms with Gasteiger partial charge in [-0.1, -0.05) is 18.2 Å². The van der Waals surface area contributed by atoms with Crippen molar-refractivity contribution in [2.75, 3.05) is 50.7 Å². The lowest BCUT2D eigenvalue weighted by molar-refractivity contribution is 0.0170. The molecule has 0 radical (unpaired) electrons. The second kappa shape index (κ2) is 10.2. The molecule has 1 N–H and O–H groups in total. The summed E-state index contributed by atoms with van der Waals surface area (Å²) in [6, 6.07) is 10.2. The molecule has 1 aromatic carbocycles. The van der Waals surface area contributed by atoms with Crippen molar-refractivity contribution in [3.63, 3.8) is 0 Å². The second-order valence-corrected chi connectivity index (χ2v) is 7.96. The summed E-state index contributed by atoms with van der Waals surface area (Å²) in [7, 11) is 0. The normalized spacial score (nSPS) is 14.6. The van der Waals surface area contributed by atoms with Gasteiger partial charge < -0.3 is 24.8 Å². The Morgan fingerprint density at radius 2 is 1.68 bits per heavy atom. The SMILES string of the molecule is CCN(CCCNC(=O)N1CCN(C(=O)OC(C)(C)C)CC1)c1ccccc1. The number of carbonyl (C=O) groups excluding carboxylic acids is 2. The Bertz CT molecular complexity index is 622. The van der Waals surface area contributed by atoms with Gasteiger partial charge in [0.1, 0.15) is 5.60 Å². The minimum absolute atomic E-state index is 0.0633. The molecule has 7 nitrogen and oxygen atoms in total. The fraction of sp³-hybridized carbons (Fsp3) is 0.619. The number of rotatable bonds is 6. The van der Waals surface area contributed by atoms with Crippen molar-refractivity contribution in [3.05, 3.63) is 30.3 Å². The first-order valence-electron chi connectivity index (χ1n) is 10.1. The average molecular weight is 391 g/mol. The average Bonchev–Trinajstić information content (AvgIpc) is 2.67. The first-order chi connectivity index (χ1) is 13.3. The van der Waals surface area contributed by atoms with E-state index in [-0.39, 0.29) is 12.1 Å². The Labute approximate surface area is 168 Å². The topological polar surface area (TPSA) is 65.1 Å². The minimum Gasteiger partial charge on any atom is -0.444 e. The molecular formula is C21H34N4O3. The number of anilines is 1. The van der Waals surface area contributed by atoms with Crippen LogP contribution < -0.4 is 10.2 Å². The van der Waals surface area contributed by atoms with Crippen LogP contribution >= 0.6 is 0 Å². The molecule has 1 aliphatic rings. The fourth-order valence-electron chi connectivity index (χ4n) is 3.10. The highest BCUT2D eigenvalue weighted by Crippen LogP contribution is 2.13. The largest absolute Gasteiger partial charge is 0.444 e. The number of ether oxygens (including phenoxy) is 1. The molecule has 1 saturated heterocycles. The lowest BCUT2D eigenvalue weighted by atomic mass is 10.2. The van der Waals surface area contributed by atoms with Crippen LogP contribution in [0.2, 0.25) is 0 Å². The molecule has 3 amide bonds. The van der Waals surface area contributed by atoms with Gasteiger partial charge in [0.25, 0.3) is 0 Å². The van der Waals surface area contributed by atoms with Crippen LogP contribution in [0.25, 0.3) is 0 Å². The van der Waals surface area contributed by atoms with Crippen molar-refractivity contribution in [2.45, 2.75) is 39.7 Å². The molecule has 156 valence electrons. The molecule has 0 atom stereocenters. The van der Waals surface area contributed by atoms with Crippen LogP contribution in [-0.2, 0) is 4.74 Å². The van der Waals surface area contributed by atoms with Gasteiger partial charge in [-0.25, -0.2) is 9.59 Å². The lowest BCUT2D eigenvalue weighted by Gasteiger charge is -2.35. The Morgan fingerprint density at radius 3 is 2.25 bits per heavy atom. The van der Waals surface area contributed by atoms with Gasteiger partial charge in [0.15, 0.2) is 0 Å². The number of nitrogens with zero attached hydrogens (tertiary/aromatic N) is 3. The van der Waals surface area contributed by atoms with Gasteiger partial charge >= 0.3 is 12.1 Å². The zero-order valence-electron chi connectivity index (χ0n) is 17.6. The predicted octanol–water partition coefficient (Wildman–Crippen LogP) is 3.17. The predicted molar refractivity (Wildman–Crippen MR) is 112 cm³/mol. The van der Waals surface area contributed by atoms with E-state index in [4.69, 9.17) is 4.74 Å². The Kier molecular flexibility index (Phi) is 7.96. The fourth-order valence-corrected chi connectivity index (χ4v) is 3.10. The highest BCUT2D eigenvalue weighted by Gasteiger charge is 2.27. The van der Waals surface area contributed by atoms with E-state index in [1.54, 1.807) is 9.80 Å². The zero-order chi connectivity index (χ0) is 20.6. The monoisotopic (exact) mass is 390 g/mol. The third-order valence-corrected chi connectivity index (χ3v) is 4.60. The molecule has 1 fully saturated rings. The van der Waals surface area contributed by atoms with Crippen molar-refractivity contribution < 1.29 is 14.3 Å². The van der Waals surface area contributed by atoms with Gasteiger partial charge in [-0.15, -0.1) is 0 Å². The van der Waals surface area contributed by atoms with Crippen LogP contribution in [0, 0.1) is 0 Å². The van der Waals surface area contributed by atoms with Crippen LogP contribution in [0.15, 0.2) is 30.3 Å². The van der Waals surface area contributed by atoms with E-state index in [0.29, 0.717) is 32.7 Å². The van der Waals surface area contributed by atoms with E-state index in [0.717, 1.165) is 19.5 Å². The first-order valence-corrected chi connectivity index (χ1v) is 10.1. The van der Waals surface area contributed by atoms with E-state index < -0.39 is 5.60 Å². The van der Waals surface area contributed by atoms with Crippen LogP contribution in [0.1, 0.15) is 34.1 Å². The number of para-hydroxylation sites is 1. The number of benzene rings is 1. The van der Waals surface area contributed by atoms with Gasteiger partial charge in [-0.2, -0.15) is 0 Å². The maximum absolute atomic E-state index is 12.4. The first kappa shape index (κ1) is 21.9. The maximum atomic E-state index is 12.4. The van der Waals surface area contributed by atoms with E-state index in [1.807, 2.05) is 39.0 Å². The number of hydrogen-bond acceptors (Lipinski definition) is 4. The van der Waals surface area contributed by atoms with E-state index in [9.17, 15) is 9.59 Å². The quantitative estimate of drug-likeness (QED) is 0.758. The van der Waals surface area contributed by atoms with Gasteiger partial charge in [-0.05, 0) is 46.2 Å². The van der Waals surface area contributed by atoms with Crippen LogP contribution in [0.5, 0.6) is 0 Å². The summed E-state index contributed by atoms with van der Waals surface area (Å²) in [6.45, 7) is 12.2. The van der Waals surface area contributed by atoms with Crippen molar-refractivity contribution in [1.82, 2.24) is 15.1 Å². The molecule has 1 heterocycles. The summed E-state index contributed by atoms with van der Waals surface area (Å²) in [4.78, 5) is 30.2. The number of hydrogen-bond donors (Lipinski definition) is 1. The molecule has 0 spiro atoms. The number of carbonyl (C=O) groups is 2. The van der Waals surface area contributed by atoms with Gasteiger partial charge in [0.05, 0.1) is 0 Å². The van der Waals surface area contributed by atoms with Gasteiger partial charge in [0, 0.05) is 51.5 Å². The zero-order valence-corrected chi connectivity index (χ0v) is 17.6. The summed E-state index contributed by atoms with van der Waals surface area (Å²) >= 11 is 0. The van der Waals surface area contributed by atoms with E-state index in [1.165, 1.54) is 5.69 Å². The maximum Gasteiger partial charge on any atom is 0.410 e. The molecule has 0 aromatic heterocycles. The number of piperazine rings is 1. The van der Waals surface area contributed by atoms with Crippen molar-refractivity contribution in [2.24, 2.45) is 0 Å². The Morgan fingerprint density at radius 1 is 1.07 bits per heavy atom. The highest BCUT2D eigenvalue weighted by atomic mass is 16.6. The van der Waals surface area contributed by atoms with E-state index >= 15 is 0 Å². The van der Waals surface area contributed by atoms with Gasteiger partial charge in [-0.3, -0.25) is 0 Å². The van der Waals surface area contributed by atoms with E-state index in [2.05, 4.69) is 29.3 Å². The molecule has 0 saturated carbocycles. The van der Waals surface area contributed by atoms with Crippen LogP contribution in [-0.4, -0.2) is 73.3 Å². The third-order valence-electron chi connectivity index (χ3n) is 4.60. The van der Waals surface area contributed by atoms with Crippen molar-refractivity contribution >= 4 is 17.8 Å². The second-order valence-electron chi connectivity index (χ2n) is 7.96. The molecule has 0 unspecified atom stereocenters. The standard InChI is InChI=1S/C21H34N4O3/c1-5-23(18-10-7-6-8-11-18)13-9-12-22-19(26)24-14-16-25(17-15-24)20(27)28-21(2,3)4/h6-8,10-11H,5,9,12-17H2,1-4H3,(H,22,26). The number of amides is 3. The van der Waals surface area contributed by atoms with Crippen LogP contribution in [0.3, 0.4) is 0 Å². The molecule has 7 heteroatoms. The molecule has 2 rings (SSSR count). The number of nitrogens with one attached hydrogen (secondary N) is 1. The highest BCUT2D eigenvalue weighted by molar-refractivity contribution is 5.75. The summed E-state index contributed by atoms with van der Waals surface area (Å²) in [5.74, 6) is 0. The summed E-state index contributed by atoms with van der Waals surface area (Å²) in [5.41, 5.74) is 0.701. The minimum atomic E-state index is -0.502.